The van der Waals surface area contributed by atoms with Gasteiger partial charge in [0.1, 0.15) is 18.4 Å². The first-order chi connectivity index (χ1) is 15.3. The van der Waals surface area contributed by atoms with Gasteiger partial charge in [-0.3, -0.25) is 4.79 Å². The summed E-state index contributed by atoms with van der Waals surface area (Å²) in [5, 5.41) is 14.7. The highest BCUT2D eigenvalue weighted by atomic mass is 16.5. The van der Waals surface area contributed by atoms with Crippen molar-refractivity contribution < 1.29 is 9.53 Å². The van der Waals surface area contributed by atoms with Gasteiger partial charge in [-0.25, -0.2) is 9.67 Å². The average Bonchev–Trinajstić information content (AvgIpc) is 3.38. The molecule has 1 aliphatic heterocycles. The Kier molecular flexibility index (Phi) is 5.14. The minimum atomic E-state index is -0.0137. The molecular weight excluding hydrogens is 394 g/mol. The van der Waals surface area contributed by atoms with Crippen LogP contribution >= 0.6 is 0 Å². The molecule has 0 unspecified atom stereocenters. The van der Waals surface area contributed by atoms with E-state index in [0.717, 1.165) is 22.3 Å². The highest BCUT2D eigenvalue weighted by molar-refractivity contribution is 5.88. The van der Waals surface area contributed by atoms with Gasteiger partial charge < -0.3 is 14.5 Å². The summed E-state index contributed by atoms with van der Waals surface area (Å²) in [7, 11) is 0. The number of piperazine rings is 1. The van der Waals surface area contributed by atoms with E-state index in [0.29, 0.717) is 32.0 Å². The van der Waals surface area contributed by atoms with E-state index in [4.69, 9.17) is 4.74 Å². The van der Waals surface area contributed by atoms with Crippen molar-refractivity contribution in [3.8, 4) is 11.6 Å². The smallest absolute Gasteiger partial charge is 0.260 e. The normalized spacial score (nSPS) is 14.1. The number of aromatic nitrogens is 5. The first-order valence-corrected chi connectivity index (χ1v) is 10.1. The number of benzene rings is 2. The number of carbonyl (C=O) groups excluding carboxylic acids is 1. The minimum Gasteiger partial charge on any atom is -0.483 e. The Morgan fingerprint density at radius 2 is 1.68 bits per heavy atom. The maximum Gasteiger partial charge on any atom is 0.260 e. The third-order valence-electron chi connectivity index (χ3n) is 5.35. The van der Waals surface area contributed by atoms with Gasteiger partial charge in [0, 0.05) is 31.6 Å². The van der Waals surface area contributed by atoms with E-state index in [1.165, 1.54) is 6.33 Å². The largest absolute Gasteiger partial charge is 0.483 e. The lowest BCUT2D eigenvalue weighted by molar-refractivity contribution is -0.133. The molecule has 9 nitrogen and oxygen atoms in total. The zero-order valence-corrected chi connectivity index (χ0v) is 16.8. The summed E-state index contributed by atoms with van der Waals surface area (Å²) in [6.07, 6.45) is 3.03. The van der Waals surface area contributed by atoms with Crippen molar-refractivity contribution in [1.82, 2.24) is 29.9 Å². The van der Waals surface area contributed by atoms with Gasteiger partial charge in [0.15, 0.2) is 18.2 Å². The van der Waals surface area contributed by atoms with Gasteiger partial charge in [0.2, 0.25) is 0 Å². The third-order valence-corrected chi connectivity index (χ3v) is 5.35. The molecule has 0 saturated carbocycles. The van der Waals surface area contributed by atoms with E-state index >= 15 is 0 Å². The highest BCUT2D eigenvalue weighted by Gasteiger charge is 2.22. The summed E-state index contributed by atoms with van der Waals surface area (Å²) in [5.74, 6) is 2.11. The van der Waals surface area contributed by atoms with Crippen LogP contribution in [0.3, 0.4) is 0 Å². The minimum absolute atomic E-state index is 0.0137. The van der Waals surface area contributed by atoms with Crippen LogP contribution in [0.1, 0.15) is 0 Å². The predicted molar refractivity (Wildman–Crippen MR) is 115 cm³/mol. The first-order valence-electron chi connectivity index (χ1n) is 10.1. The quantitative estimate of drug-likeness (QED) is 0.492. The molecule has 5 rings (SSSR count). The van der Waals surface area contributed by atoms with Crippen LogP contribution in [0, 0.1) is 0 Å². The van der Waals surface area contributed by atoms with E-state index in [1.54, 1.807) is 11.0 Å². The number of fused-ring (bicyclic) bond motifs is 1. The predicted octanol–water partition coefficient (Wildman–Crippen LogP) is 1.94. The molecule has 1 aliphatic rings. The molecule has 0 aliphatic carbocycles. The number of nitrogens with zero attached hydrogens (tertiary/aromatic N) is 7. The molecule has 0 N–H and O–H groups in total. The Morgan fingerprint density at radius 3 is 2.45 bits per heavy atom. The second-order valence-corrected chi connectivity index (χ2v) is 7.22. The standard InChI is InChI=1S/C22H21N7O2/c30-22(14-31-19-7-3-5-17-4-1-2-6-18(17)19)28-12-10-27(11-13-28)20-8-9-21(26-25-20)29-16-23-15-24-29/h1-9,15-16H,10-14H2. The van der Waals surface area contributed by atoms with Crippen LogP contribution in [0.2, 0.25) is 0 Å². The molecule has 0 spiro atoms. The average molecular weight is 415 g/mol. The molecule has 4 aromatic rings. The topological polar surface area (TPSA) is 89.3 Å². The maximum absolute atomic E-state index is 12.7. The molecule has 0 radical (unpaired) electrons. The van der Waals surface area contributed by atoms with E-state index < -0.39 is 0 Å². The number of hydrogen-bond acceptors (Lipinski definition) is 7. The molecule has 0 bridgehead atoms. The summed E-state index contributed by atoms with van der Waals surface area (Å²) in [5.41, 5.74) is 0. The Bertz CT molecular complexity index is 1160. The van der Waals surface area contributed by atoms with Gasteiger partial charge >= 0.3 is 0 Å². The van der Waals surface area contributed by atoms with E-state index in [1.807, 2.05) is 59.5 Å². The Morgan fingerprint density at radius 1 is 0.903 bits per heavy atom. The van der Waals surface area contributed by atoms with E-state index in [9.17, 15) is 4.79 Å². The van der Waals surface area contributed by atoms with Gasteiger partial charge in [-0.05, 0) is 23.6 Å². The van der Waals surface area contributed by atoms with Crippen LogP contribution < -0.4 is 9.64 Å². The molecule has 9 heteroatoms. The summed E-state index contributed by atoms with van der Waals surface area (Å²) < 4.78 is 7.41. The Balaban J connectivity index is 1.16. The lowest BCUT2D eigenvalue weighted by Crippen LogP contribution is -2.50. The van der Waals surface area contributed by atoms with Crippen LogP contribution in [0.5, 0.6) is 5.75 Å². The van der Waals surface area contributed by atoms with Crippen molar-refractivity contribution in [1.29, 1.82) is 0 Å². The zero-order valence-electron chi connectivity index (χ0n) is 16.8. The third kappa shape index (κ3) is 4.02. The number of carbonyl (C=O) groups is 1. The number of rotatable bonds is 5. The second-order valence-electron chi connectivity index (χ2n) is 7.22. The molecule has 156 valence electrons. The molecule has 0 atom stereocenters. The van der Waals surface area contributed by atoms with Gasteiger partial charge in [-0.2, -0.15) is 5.10 Å². The summed E-state index contributed by atoms with van der Waals surface area (Å²) in [4.78, 5) is 20.5. The monoisotopic (exact) mass is 415 g/mol. The lowest BCUT2D eigenvalue weighted by Gasteiger charge is -2.35. The summed E-state index contributed by atoms with van der Waals surface area (Å²) in [6.45, 7) is 2.64. The number of hydrogen-bond donors (Lipinski definition) is 0. The number of amides is 1. The van der Waals surface area contributed by atoms with Gasteiger partial charge in [0.05, 0.1) is 0 Å². The van der Waals surface area contributed by atoms with Crippen molar-refractivity contribution >= 4 is 22.5 Å². The number of anilines is 1. The van der Waals surface area contributed by atoms with E-state index in [2.05, 4.69) is 25.2 Å². The van der Waals surface area contributed by atoms with Crippen LogP contribution in [-0.2, 0) is 4.79 Å². The second kappa shape index (κ2) is 8.39. The van der Waals surface area contributed by atoms with Crippen molar-refractivity contribution in [3.63, 3.8) is 0 Å². The lowest BCUT2D eigenvalue weighted by atomic mass is 10.1. The molecular formula is C22H21N7O2. The summed E-state index contributed by atoms with van der Waals surface area (Å²) in [6, 6.07) is 17.6. The molecule has 2 aromatic carbocycles. The van der Waals surface area contributed by atoms with E-state index in [-0.39, 0.29) is 12.5 Å². The van der Waals surface area contributed by atoms with Crippen LogP contribution in [-0.4, -0.2) is 68.6 Å². The molecule has 2 aromatic heterocycles. The Labute approximate surface area is 178 Å². The highest BCUT2D eigenvalue weighted by Crippen LogP contribution is 2.25. The molecule has 1 fully saturated rings. The zero-order chi connectivity index (χ0) is 21.0. The van der Waals surface area contributed by atoms with Gasteiger partial charge in [0.25, 0.3) is 5.91 Å². The molecule has 3 heterocycles. The first kappa shape index (κ1) is 19.0. The van der Waals surface area contributed by atoms with Crippen LogP contribution in [0.4, 0.5) is 5.82 Å². The fourth-order valence-electron chi connectivity index (χ4n) is 3.67. The Hall–Kier alpha value is -4.01. The fraction of sp³-hybridized carbons (Fsp3) is 0.227. The summed E-state index contributed by atoms with van der Waals surface area (Å²) >= 11 is 0. The van der Waals surface area contributed by atoms with Crippen LogP contribution in [0.25, 0.3) is 16.6 Å². The van der Waals surface area contributed by atoms with Crippen LogP contribution in [0.15, 0.2) is 67.3 Å². The van der Waals surface area contributed by atoms with Crippen molar-refractivity contribution in [2.45, 2.75) is 0 Å². The maximum atomic E-state index is 12.7. The van der Waals surface area contributed by atoms with Crippen molar-refractivity contribution in [2.24, 2.45) is 0 Å². The fourth-order valence-corrected chi connectivity index (χ4v) is 3.67. The molecule has 31 heavy (non-hydrogen) atoms. The van der Waals surface area contributed by atoms with Gasteiger partial charge in [-0.15, -0.1) is 10.2 Å². The van der Waals surface area contributed by atoms with Crippen molar-refractivity contribution in [2.75, 3.05) is 37.7 Å². The SMILES string of the molecule is O=C(COc1cccc2ccccc12)N1CCN(c2ccc(-n3cncn3)nn2)CC1. The number of ether oxygens (including phenoxy) is 1. The van der Waals surface area contributed by atoms with Crippen molar-refractivity contribution in [3.05, 3.63) is 67.3 Å². The molecule has 1 amide bonds. The molecule has 1 saturated heterocycles. The van der Waals surface area contributed by atoms with Gasteiger partial charge in [-0.1, -0.05) is 36.4 Å².